The number of halogens is 1. The fourth-order valence-electron chi connectivity index (χ4n) is 2.80. The summed E-state index contributed by atoms with van der Waals surface area (Å²) in [5.41, 5.74) is 0.945. The maximum Gasteiger partial charge on any atom is 0.342 e. The first-order valence-corrected chi connectivity index (χ1v) is 10.2. The van der Waals surface area contributed by atoms with Crippen molar-refractivity contribution in [3.63, 3.8) is 0 Å². The molecule has 0 aliphatic rings. The zero-order valence-corrected chi connectivity index (χ0v) is 17.6. The maximum atomic E-state index is 13.0. The van der Waals surface area contributed by atoms with Gasteiger partial charge in [-0.05, 0) is 48.9 Å². The number of rotatable bonds is 10. The van der Waals surface area contributed by atoms with Gasteiger partial charge in [-0.1, -0.05) is 42.5 Å². The van der Waals surface area contributed by atoms with E-state index in [9.17, 15) is 14.0 Å². The zero-order chi connectivity index (χ0) is 22.8. The van der Waals surface area contributed by atoms with Crippen molar-refractivity contribution in [2.24, 2.45) is 0 Å². The minimum absolute atomic E-state index is 0.197. The van der Waals surface area contributed by atoms with Gasteiger partial charge in [0, 0.05) is 6.54 Å². The second kappa shape index (κ2) is 11.5. The van der Waals surface area contributed by atoms with Gasteiger partial charge in [-0.15, -0.1) is 0 Å². The number of carbonyl (C=O) groups is 2. The molecule has 0 unspecified atom stereocenters. The molecular weight excluding hydrogens is 413 g/mol. The lowest BCUT2D eigenvalue weighted by atomic mass is 10.2. The normalized spacial score (nSPS) is 11.3. The average molecular weight is 437 g/mol. The predicted molar refractivity (Wildman–Crippen MR) is 117 cm³/mol. The average Bonchev–Trinajstić information content (AvgIpc) is 2.82. The van der Waals surface area contributed by atoms with E-state index < -0.39 is 18.0 Å². The molecule has 1 atom stereocenters. The van der Waals surface area contributed by atoms with E-state index in [-0.39, 0.29) is 24.5 Å². The van der Waals surface area contributed by atoms with E-state index in [1.54, 1.807) is 36.4 Å². The van der Waals surface area contributed by atoms with Gasteiger partial charge < -0.3 is 19.5 Å². The quantitative estimate of drug-likeness (QED) is 0.381. The molecule has 0 fully saturated rings. The minimum atomic E-state index is -1.02. The lowest BCUT2D eigenvalue weighted by molar-refractivity contribution is -0.129. The third-order valence-electron chi connectivity index (χ3n) is 4.49. The SMILES string of the molecule is C[C@@H](OC(=O)c1ccccc1OCCOc1ccccc1)C(=O)NCc1ccc(F)cc1. The van der Waals surface area contributed by atoms with Gasteiger partial charge in [0.15, 0.2) is 6.10 Å². The third kappa shape index (κ3) is 6.84. The van der Waals surface area contributed by atoms with Crippen molar-refractivity contribution in [3.05, 3.63) is 95.8 Å². The van der Waals surface area contributed by atoms with Crippen molar-refractivity contribution >= 4 is 11.9 Å². The number of benzene rings is 3. The smallest absolute Gasteiger partial charge is 0.342 e. The highest BCUT2D eigenvalue weighted by molar-refractivity contribution is 5.94. The van der Waals surface area contributed by atoms with E-state index in [0.717, 1.165) is 11.3 Å². The van der Waals surface area contributed by atoms with Crippen LogP contribution in [-0.2, 0) is 16.1 Å². The van der Waals surface area contributed by atoms with E-state index in [2.05, 4.69) is 5.32 Å². The molecule has 0 aromatic heterocycles. The van der Waals surface area contributed by atoms with Crippen LogP contribution in [0.1, 0.15) is 22.8 Å². The lowest BCUT2D eigenvalue weighted by Gasteiger charge is -2.15. The number of esters is 1. The van der Waals surface area contributed by atoms with Gasteiger partial charge in [-0.25, -0.2) is 9.18 Å². The molecule has 0 spiro atoms. The topological polar surface area (TPSA) is 73.9 Å². The van der Waals surface area contributed by atoms with Crippen molar-refractivity contribution in [2.75, 3.05) is 13.2 Å². The van der Waals surface area contributed by atoms with Crippen LogP contribution in [0.4, 0.5) is 4.39 Å². The van der Waals surface area contributed by atoms with E-state index >= 15 is 0 Å². The molecule has 6 nitrogen and oxygen atoms in total. The molecule has 0 radical (unpaired) electrons. The van der Waals surface area contributed by atoms with Gasteiger partial charge in [0.1, 0.15) is 36.1 Å². The van der Waals surface area contributed by atoms with Crippen LogP contribution in [0.25, 0.3) is 0 Å². The van der Waals surface area contributed by atoms with Crippen molar-refractivity contribution in [1.82, 2.24) is 5.32 Å². The molecule has 166 valence electrons. The third-order valence-corrected chi connectivity index (χ3v) is 4.49. The molecule has 1 amide bonds. The molecular formula is C25H24FNO5. The van der Waals surface area contributed by atoms with Gasteiger partial charge in [0.25, 0.3) is 5.91 Å². The summed E-state index contributed by atoms with van der Waals surface area (Å²) in [6, 6.07) is 21.7. The first-order valence-electron chi connectivity index (χ1n) is 10.2. The summed E-state index contributed by atoms with van der Waals surface area (Å²) < 4.78 is 29.5. The van der Waals surface area contributed by atoms with Crippen molar-refractivity contribution < 1.29 is 28.2 Å². The van der Waals surface area contributed by atoms with E-state index in [1.165, 1.54) is 19.1 Å². The largest absolute Gasteiger partial charge is 0.490 e. The van der Waals surface area contributed by atoms with Crippen molar-refractivity contribution in [3.8, 4) is 11.5 Å². The number of hydrogen-bond donors (Lipinski definition) is 1. The first-order chi connectivity index (χ1) is 15.5. The standard InChI is InChI=1S/C25H24FNO5/c1-18(24(28)27-17-19-11-13-20(26)14-12-19)32-25(29)22-9-5-6-10-23(22)31-16-15-30-21-7-3-2-4-8-21/h2-14,18H,15-17H2,1H3,(H,27,28)/t18-/m1/s1. The Balaban J connectivity index is 1.49. The molecule has 3 aromatic rings. The molecule has 7 heteroatoms. The molecule has 0 aliphatic heterocycles. The second-order valence-corrected chi connectivity index (χ2v) is 6.90. The Kier molecular flexibility index (Phi) is 8.20. The Labute approximate surface area is 185 Å². The highest BCUT2D eigenvalue weighted by atomic mass is 19.1. The second-order valence-electron chi connectivity index (χ2n) is 6.90. The van der Waals surface area contributed by atoms with Crippen LogP contribution in [0, 0.1) is 5.82 Å². The van der Waals surface area contributed by atoms with Crippen LogP contribution in [0.5, 0.6) is 11.5 Å². The van der Waals surface area contributed by atoms with Gasteiger partial charge in [-0.2, -0.15) is 0 Å². The van der Waals surface area contributed by atoms with E-state index in [1.807, 2.05) is 30.3 Å². The summed E-state index contributed by atoms with van der Waals surface area (Å²) in [5.74, 6) is -0.418. The van der Waals surface area contributed by atoms with Crippen molar-refractivity contribution in [1.29, 1.82) is 0 Å². The summed E-state index contributed by atoms with van der Waals surface area (Å²) in [7, 11) is 0. The summed E-state index contributed by atoms with van der Waals surface area (Å²) in [5, 5.41) is 2.66. The molecule has 0 bridgehead atoms. The molecule has 32 heavy (non-hydrogen) atoms. The van der Waals surface area contributed by atoms with Gasteiger partial charge in [0.05, 0.1) is 0 Å². The Bertz CT molecular complexity index is 1020. The monoisotopic (exact) mass is 437 g/mol. The number of carbonyl (C=O) groups excluding carboxylic acids is 2. The van der Waals surface area contributed by atoms with Crippen LogP contribution in [0.3, 0.4) is 0 Å². The molecule has 0 aliphatic carbocycles. The van der Waals surface area contributed by atoms with Crippen LogP contribution < -0.4 is 14.8 Å². The summed E-state index contributed by atoms with van der Waals surface area (Å²) in [4.78, 5) is 24.9. The zero-order valence-electron chi connectivity index (χ0n) is 17.6. The lowest BCUT2D eigenvalue weighted by Crippen LogP contribution is -2.35. The Morgan fingerprint density at radius 3 is 2.28 bits per heavy atom. The highest BCUT2D eigenvalue weighted by Gasteiger charge is 2.21. The number of hydrogen-bond acceptors (Lipinski definition) is 5. The number of nitrogens with one attached hydrogen (secondary N) is 1. The van der Waals surface area contributed by atoms with Crippen LogP contribution >= 0.6 is 0 Å². The fourth-order valence-corrected chi connectivity index (χ4v) is 2.80. The summed E-state index contributed by atoms with van der Waals surface area (Å²) in [6.07, 6.45) is -1.02. The van der Waals surface area contributed by atoms with E-state index in [0.29, 0.717) is 12.4 Å². The number of ether oxygens (including phenoxy) is 3. The van der Waals surface area contributed by atoms with Gasteiger partial charge in [0.2, 0.25) is 0 Å². The molecule has 0 saturated heterocycles. The number of amides is 1. The van der Waals surface area contributed by atoms with E-state index in [4.69, 9.17) is 14.2 Å². The predicted octanol–water partition coefficient (Wildman–Crippen LogP) is 4.15. The maximum absolute atomic E-state index is 13.0. The summed E-state index contributed by atoms with van der Waals surface area (Å²) in [6.45, 7) is 2.21. The first kappa shape index (κ1) is 22.8. The number of para-hydroxylation sites is 2. The minimum Gasteiger partial charge on any atom is -0.490 e. The Hall–Kier alpha value is -3.87. The van der Waals surface area contributed by atoms with Crippen LogP contribution in [-0.4, -0.2) is 31.2 Å². The molecule has 0 heterocycles. The fraction of sp³-hybridized carbons (Fsp3) is 0.200. The molecule has 0 saturated carbocycles. The molecule has 3 rings (SSSR count). The highest BCUT2D eigenvalue weighted by Crippen LogP contribution is 2.20. The van der Waals surface area contributed by atoms with Gasteiger partial charge >= 0.3 is 5.97 Å². The van der Waals surface area contributed by atoms with Crippen LogP contribution in [0.2, 0.25) is 0 Å². The van der Waals surface area contributed by atoms with Crippen LogP contribution in [0.15, 0.2) is 78.9 Å². The Morgan fingerprint density at radius 1 is 0.875 bits per heavy atom. The molecule has 1 N–H and O–H groups in total. The Morgan fingerprint density at radius 2 is 1.53 bits per heavy atom. The summed E-state index contributed by atoms with van der Waals surface area (Å²) >= 11 is 0. The molecule has 3 aromatic carbocycles. The van der Waals surface area contributed by atoms with Crippen molar-refractivity contribution in [2.45, 2.75) is 19.6 Å². The van der Waals surface area contributed by atoms with Gasteiger partial charge in [-0.3, -0.25) is 4.79 Å².